The van der Waals surface area contributed by atoms with Crippen LogP contribution >= 0.6 is 0 Å². The van der Waals surface area contributed by atoms with E-state index in [4.69, 9.17) is 20.2 Å². The molecule has 0 heterocycles. The van der Waals surface area contributed by atoms with Crippen LogP contribution in [-0.2, 0) is 4.79 Å². The molecule has 0 unspecified atom stereocenters. The van der Waals surface area contributed by atoms with Gasteiger partial charge in [0.05, 0.1) is 19.8 Å². The Hall–Kier alpha value is -2.56. The number of rotatable bonds is 9. The molecule has 0 aliphatic heterocycles. The number of hydrogen-bond acceptors (Lipinski definition) is 6. The molecule has 1 aromatic rings. The minimum Gasteiger partial charge on any atom is -0.494 e. The van der Waals surface area contributed by atoms with Gasteiger partial charge in [-0.2, -0.15) is 5.26 Å². The Morgan fingerprint density at radius 1 is 1.30 bits per heavy atom. The molecule has 0 atom stereocenters. The first-order chi connectivity index (χ1) is 11.1. The first kappa shape index (κ1) is 18.5. The van der Waals surface area contributed by atoms with Crippen LogP contribution in [0.5, 0.6) is 5.75 Å². The average molecular weight is 319 g/mol. The normalized spacial score (nSPS) is 10.8. The number of nitrogens with one attached hydrogen (secondary N) is 1. The van der Waals surface area contributed by atoms with Gasteiger partial charge < -0.3 is 25.2 Å². The minimum atomic E-state index is -0.558. The van der Waals surface area contributed by atoms with E-state index in [1.165, 1.54) is 11.1 Å². The summed E-state index contributed by atoms with van der Waals surface area (Å²) in [4.78, 5) is 13.6. The molecule has 0 saturated carbocycles. The first-order valence-corrected chi connectivity index (χ1v) is 7.26. The lowest BCUT2D eigenvalue weighted by atomic mass is 10.2. The number of nitriles is 1. The Morgan fingerprint density at radius 2 is 1.91 bits per heavy atom. The van der Waals surface area contributed by atoms with Crippen LogP contribution in [0.25, 0.3) is 0 Å². The van der Waals surface area contributed by atoms with E-state index < -0.39 is 5.91 Å². The molecule has 0 aromatic heterocycles. The molecule has 1 aromatic carbocycles. The molecule has 23 heavy (non-hydrogen) atoms. The standard InChI is InChI=1S/C16H21N3O4/c1-2-23-15-5-3-14(4-6-15)18-16(22)13(11-17)12-19(7-9-20)8-10-21/h3-6,12,20-21H,2,7-10H2,1H3,(H,18,22)/b13-12-. The van der Waals surface area contributed by atoms with Crippen molar-refractivity contribution in [2.75, 3.05) is 38.2 Å². The largest absolute Gasteiger partial charge is 0.494 e. The van der Waals surface area contributed by atoms with Crippen molar-refractivity contribution in [3.63, 3.8) is 0 Å². The summed E-state index contributed by atoms with van der Waals surface area (Å²) in [5.74, 6) is 0.135. The van der Waals surface area contributed by atoms with Crippen molar-refractivity contribution in [3.05, 3.63) is 36.0 Å². The maximum absolute atomic E-state index is 12.1. The predicted octanol–water partition coefficient (Wildman–Crippen LogP) is 0.718. The quantitative estimate of drug-likeness (QED) is 0.457. The van der Waals surface area contributed by atoms with Gasteiger partial charge in [-0.3, -0.25) is 4.79 Å². The molecular weight excluding hydrogens is 298 g/mol. The van der Waals surface area contributed by atoms with Gasteiger partial charge in [-0.05, 0) is 31.2 Å². The maximum Gasteiger partial charge on any atom is 0.267 e. The van der Waals surface area contributed by atoms with Crippen LogP contribution in [0.4, 0.5) is 5.69 Å². The van der Waals surface area contributed by atoms with Crippen molar-refractivity contribution in [1.29, 1.82) is 5.26 Å². The summed E-state index contributed by atoms with van der Waals surface area (Å²) in [6.07, 6.45) is 1.33. The number of nitrogens with zero attached hydrogens (tertiary/aromatic N) is 2. The van der Waals surface area contributed by atoms with Crippen LogP contribution in [0.1, 0.15) is 6.92 Å². The Labute approximate surface area is 135 Å². The van der Waals surface area contributed by atoms with E-state index in [9.17, 15) is 4.79 Å². The van der Waals surface area contributed by atoms with Gasteiger partial charge in [0.2, 0.25) is 0 Å². The predicted molar refractivity (Wildman–Crippen MR) is 85.7 cm³/mol. The average Bonchev–Trinajstić information content (AvgIpc) is 2.55. The number of aliphatic hydroxyl groups excluding tert-OH is 2. The number of ether oxygens (including phenoxy) is 1. The van der Waals surface area contributed by atoms with E-state index in [0.717, 1.165) is 0 Å². The van der Waals surface area contributed by atoms with Gasteiger partial charge in [0.1, 0.15) is 17.4 Å². The van der Waals surface area contributed by atoms with Crippen LogP contribution < -0.4 is 10.1 Å². The topological polar surface area (TPSA) is 106 Å². The second-order valence-electron chi connectivity index (χ2n) is 4.55. The highest BCUT2D eigenvalue weighted by Crippen LogP contribution is 2.16. The van der Waals surface area contributed by atoms with Crippen molar-refractivity contribution < 1.29 is 19.7 Å². The van der Waals surface area contributed by atoms with E-state index >= 15 is 0 Å². The van der Waals surface area contributed by atoms with Crippen molar-refractivity contribution in [2.45, 2.75) is 6.92 Å². The van der Waals surface area contributed by atoms with Gasteiger partial charge in [0.25, 0.3) is 5.91 Å². The fraction of sp³-hybridized carbons (Fsp3) is 0.375. The number of amides is 1. The van der Waals surface area contributed by atoms with E-state index in [1.54, 1.807) is 24.3 Å². The van der Waals surface area contributed by atoms with Crippen LogP contribution in [0, 0.1) is 11.3 Å². The molecule has 0 spiro atoms. The number of aliphatic hydroxyl groups is 2. The fourth-order valence-corrected chi connectivity index (χ4v) is 1.82. The van der Waals surface area contributed by atoms with Crippen molar-refractivity contribution in [3.8, 4) is 11.8 Å². The van der Waals surface area contributed by atoms with Crippen molar-refractivity contribution in [1.82, 2.24) is 4.90 Å². The zero-order valence-electron chi connectivity index (χ0n) is 13.0. The second-order valence-corrected chi connectivity index (χ2v) is 4.55. The Kier molecular flexibility index (Phi) is 8.21. The lowest BCUT2D eigenvalue weighted by Gasteiger charge is -2.18. The van der Waals surface area contributed by atoms with E-state index in [1.807, 2.05) is 13.0 Å². The molecule has 7 nitrogen and oxygen atoms in total. The molecule has 3 N–H and O–H groups in total. The molecule has 1 rings (SSSR count). The fourth-order valence-electron chi connectivity index (χ4n) is 1.82. The van der Waals surface area contributed by atoms with Gasteiger partial charge in [-0.15, -0.1) is 0 Å². The molecule has 1 amide bonds. The van der Waals surface area contributed by atoms with Crippen LogP contribution in [-0.4, -0.2) is 53.9 Å². The van der Waals surface area contributed by atoms with Crippen molar-refractivity contribution >= 4 is 11.6 Å². The molecule has 0 saturated heterocycles. The summed E-state index contributed by atoms with van der Waals surface area (Å²) in [5, 5.41) is 29.6. The summed E-state index contributed by atoms with van der Waals surface area (Å²) in [5.41, 5.74) is 0.427. The lowest BCUT2D eigenvalue weighted by molar-refractivity contribution is -0.112. The molecule has 7 heteroatoms. The SMILES string of the molecule is CCOc1ccc(NC(=O)/C(C#N)=C\N(CCO)CCO)cc1. The van der Waals surface area contributed by atoms with Gasteiger partial charge >= 0.3 is 0 Å². The summed E-state index contributed by atoms with van der Waals surface area (Å²) in [6.45, 7) is 2.60. The highest BCUT2D eigenvalue weighted by molar-refractivity contribution is 6.06. The zero-order valence-corrected chi connectivity index (χ0v) is 13.0. The molecule has 0 radical (unpaired) electrons. The minimum absolute atomic E-state index is 0.110. The molecule has 0 aliphatic carbocycles. The van der Waals surface area contributed by atoms with Gasteiger partial charge in [0.15, 0.2) is 0 Å². The van der Waals surface area contributed by atoms with Crippen LogP contribution in [0.2, 0.25) is 0 Å². The molecule has 0 fully saturated rings. The Morgan fingerprint density at radius 3 is 2.39 bits per heavy atom. The molecular formula is C16H21N3O4. The smallest absolute Gasteiger partial charge is 0.267 e. The summed E-state index contributed by atoms with van der Waals surface area (Å²) < 4.78 is 5.31. The van der Waals surface area contributed by atoms with E-state index in [0.29, 0.717) is 18.0 Å². The number of carbonyl (C=O) groups excluding carboxylic acids is 1. The monoisotopic (exact) mass is 319 g/mol. The number of anilines is 1. The van der Waals surface area contributed by atoms with Crippen LogP contribution in [0.3, 0.4) is 0 Å². The maximum atomic E-state index is 12.1. The van der Waals surface area contributed by atoms with Gasteiger partial charge in [0, 0.05) is 25.0 Å². The summed E-state index contributed by atoms with van der Waals surface area (Å²) in [6, 6.07) is 8.62. The third-order valence-corrected chi connectivity index (χ3v) is 2.87. The highest BCUT2D eigenvalue weighted by Gasteiger charge is 2.11. The molecule has 0 bridgehead atoms. The van der Waals surface area contributed by atoms with Crippen molar-refractivity contribution in [2.24, 2.45) is 0 Å². The Balaban J connectivity index is 2.77. The van der Waals surface area contributed by atoms with E-state index in [-0.39, 0.29) is 31.9 Å². The summed E-state index contributed by atoms with van der Waals surface area (Å²) in [7, 11) is 0. The third-order valence-electron chi connectivity index (χ3n) is 2.87. The zero-order chi connectivity index (χ0) is 17.1. The molecule has 0 aliphatic rings. The van der Waals surface area contributed by atoms with Crippen LogP contribution in [0.15, 0.2) is 36.0 Å². The van der Waals surface area contributed by atoms with E-state index in [2.05, 4.69) is 5.32 Å². The number of carbonyl (C=O) groups is 1. The number of hydrogen-bond donors (Lipinski definition) is 3. The number of benzene rings is 1. The highest BCUT2D eigenvalue weighted by atomic mass is 16.5. The summed E-state index contributed by atoms with van der Waals surface area (Å²) >= 11 is 0. The third kappa shape index (κ3) is 6.38. The lowest BCUT2D eigenvalue weighted by Crippen LogP contribution is -2.26. The first-order valence-electron chi connectivity index (χ1n) is 7.26. The van der Waals surface area contributed by atoms with Gasteiger partial charge in [-0.25, -0.2) is 0 Å². The Bertz CT molecular complexity index is 558. The second kappa shape index (κ2) is 10.2. The molecule has 124 valence electrons. The van der Waals surface area contributed by atoms with Gasteiger partial charge in [-0.1, -0.05) is 0 Å².